The molecule has 1 heterocycles. The van der Waals surface area contributed by atoms with E-state index in [1.54, 1.807) is 31.2 Å². The average Bonchev–Trinajstić information content (AvgIpc) is 2.64. The maximum Gasteiger partial charge on any atom is 0.325 e. The summed E-state index contributed by atoms with van der Waals surface area (Å²) in [5, 5.41) is 2.61. The number of rotatable bonds is 3. The summed E-state index contributed by atoms with van der Waals surface area (Å²) in [7, 11) is 1.20. The SMILES string of the molecule is COC(=O)CN1C(=O)N[C@@](C)(c2ccc(Br)cc2)C1=O. The van der Waals surface area contributed by atoms with E-state index in [0.717, 1.165) is 9.37 Å². The third-order valence-electron chi connectivity index (χ3n) is 3.21. The number of esters is 1. The molecule has 1 saturated heterocycles. The van der Waals surface area contributed by atoms with Crippen LogP contribution in [0, 0.1) is 0 Å². The van der Waals surface area contributed by atoms with E-state index >= 15 is 0 Å². The molecule has 1 fully saturated rings. The van der Waals surface area contributed by atoms with Gasteiger partial charge in [-0.15, -0.1) is 0 Å². The molecule has 1 atom stereocenters. The first-order valence-electron chi connectivity index (χ1n) is 5.85. The van der Waals surface area contributed by atoms with Gasteiger partial charge in [0.15, 0.2) is 0 Å². The molecule has 1 aliphatic rings. The van der Waals surface area contributed by atoms with Crippen molar-refractivity contribution in [2.75, 3.05) is 13.7 Å². The first-order valence-corrected chi connectivity index (χ1v) is 6.65. The molecule has 0 bridgehead atoms. The second-order valence-corrected chi connectivity index (χ2v) is 5.45. The Kier molecular flexibility index (Phi) is 3.80. The number of carbonyl (C=O) groups excluding carboxylic acids is 3. The summed E-state index contributed by atoms with van der Waals surface area (Å²) in [6.07, 6.45) is 0. The Morgan fingerprint density at radius 2 is 1.95 bits per heavy atom. The van der Waals surface area contributed by atoms with Crippen molar-refractivity contribution in [1.29, 1.82) is 0 Å². The van der Waals surface area contributed by atoms with Crippen LogP contribution in [0.5, 0.6) is 0 Å². The first kappa shape index (κ1) is 14.5. The minimum Gasteiger partial charge on any atom is -0.468 e. The van der Waals surface area contributed by atoms with Gasteiger partial charge in [0, 0.05) is 4.47 Å². The summed E-state index contributed by atoms with van der Waals surface area (Å²) in [5.41, 5.74) is -0.530. The summed E-state index contributed by atoms with van der Waals surface area (Å²) in [4.78, 5) is 36.4. The normalized spacial score (nSPS) is 21.9. The Balaban J connectivity index is 2.30. The van der Waals surface area contributed by atoms with Gasteiger partial charge in [0.2, 0.25) is 0 Å². The largest absolute Gasteiger partial charge is 0.468 e. The van der Waals surface area contributed by atoms with Gasteiger partial charge >= 0.3 is 12.0 Å². The molecule has 20 heavy (non-hydrogen) atoms. The number of halogens is 1. The smallest absolute Gasteiger partial charge is 0.325 e. The Morgan fingerprint density at radius 3 is 2.50 bits per heavy atom. The zero-order valence-electron chi connectivity index (χ0n) is 11.0. The molecule has 1 N–H and O–H groups in total. The molecule has 0 unspecified atom stereocenters. The van der Waals surface area contributed by atoms with Gasteiger partial charge in [-0.25, -0.2) is 4.79 Å². The molecule has 1 aromatic carbocycles. The number of amides is 3. The fourth-order valence-electron chi connectivity index (χ4n) is 2.01. The molecule has 1 aliphatic heterocycles. The molecule has 7 heteroatoms. The molecule has 0 aromatic heterocycles. The molecule has 106 valence electrons. The highest BCUT2D eigenvalue weighted by atomic mass is 79.9. The maximum atomic E-state index is 12.4. The number of nitrogens with zero attached hydrogens (tertiary/aromatic N) is 1. The standard InChI is InChI=1S/C13H13BrN2O4/c1-13(8-3-5-9(14)6-4-8)11(18)16(12(19)15-13)7-10(17)20-2/h3-6H,7H2,1-2H3,(H,15,19)/t13-/m0/s1. The van der Waals surface area contributed by atoms with Crippen molar-refractivity contribution in [3.05, 3.63) is 34.3 Å². The molecule has 3 amide bonds. The second kappa shape index (κ2) is 5.24. The van der Waals surface area contributed by atoms with Crippen LogP contribution >= 0.6 is 15.9 Å². The molecule has 0 saturated carbocycles. The maximum absolute atomic E-state index is 12.4. The van der Waals surface area contributed by atoms with Crippen LogP contribution in [0.25, 0.3) is 0 Å². The summed E-state index contributed by atoms with van der Waals surface area (Å²) >= 11 is 3.31. The number of ether oxygens (including phenoxy) is 1. The van der Waals surface area contributed by atoms with Gasteiger partial charge in [-0.2, -0.15) is 0 Å². The third kappa shape index (κ3) is 2.40. The zero-order chi connectivity index (χ0) is 14.9. The van der Waals surface area contributed by atoms with Crippen molar-refractivity contribution < 1.29 is 19.1 Å². The molecule has 1 aromatic rings. The van der Waals surface area contributed by atoms with Crippen LogP contribution in [-0.4, -0.2) is 36.5 Å². The first-order chi connectivity index (χ1) is 9.38. The Hall–Kier alpha value is -1.89. The molecule has 6 nitrogen and oxygen atoms in total. The van der Waals surface area contributed by atoms with Crippen molar-refractivity contribution in [2.45, 2.75) is 12.5 Å². The van der Waals surface area contributed by atoms with Crippen LogP contribution in [0.1, 0.15) is 12.5 Å². The van der Waals surface area contributed by atoms with E-state index in [1.807, 2.05) is 0 Å². The summed E-state index contributed by atoms with van der Waals surface area (Å²) in [6, 6.07) is 6.44. The highest BCUT2D eigenvalue weighted by Crippen LogP contribution is 2.29. The lowest BCUT2D eigenvalue weighted by molar-refractivity contribution is -0.145. The van der Waals surface area contributed by atoms with Crippen molar-refractivity contribution in [2.24, 2.45) is 0 Å². The Morgan fingerprint density at radius 1 is 1.35 bits per heavy atom. The van der Waals surface area contributed by atoms with Crippen LogP contribution in [0.3, 0.4) is 0 Å². The van der Waals surface area contributed by atoms with Crippen LogP contribution < -0.4 is 5.32 Å². The third-order valence-corrected chi connectivity index (χ3v) is 3.74. The highest BCUT2D eigenvalue weighted by Gasteiger charge is 2.49. The van der Waals surface area contributed by atoms with Crippen LogP contribution in [0.4, 0.5) is 4.79 Å². The monoisotopic (exact) mass is 340 g/mol. The number of benzene rings is 1. The van der Waals surface area contributed by atoms with Crippen LogP contribution in [0.15, 0.2) is 28.7 Å². The number of urea groups is 1. The second-order valence-electron chi connectivity index (χ2n) is 4.53. The van der Waals surface area contributed by atoms with Crippen molar-refractivity contribution in [3.63, 3.8) is 0 Å². The van der Waals surface area contributed by atoms with Gasteiger partial charge in [-0.1, -0.05) is 28.1 Å². The summed E-state index contributed by atoms with van der Waals surface area (Å²) in [6.45, 7) is 1.21. The van der Waals surface area contributed by atoms with Crippen molar-refractivity contribution >= 4 is 33.8 Å². The van der Waals surface area contributed by atoms with Gasteiger partial charge in [0.05, 0.1) is 7.11 Å². The number of methoxy groups -OCH3 is 1. The fourth-order valence-corrected chi connectivity index (χ4v) is 2.28. The Bertz CT molecular complexity index is 572. The zero-order valence-corrected chi connectivity index (χ0v) is 12.6. The van der Waals surface area contributed by atoms with E-state index in [1.165, 1.54) is 7.11 Å². The predicted octanol–water partition coefficient (Wildman–Crippen LogP) is 1.39. The molecule has 2 rings (SSSR count). The van der Waals surface area contributed by atoms with E-state index < -0.39 is 30.0 Å². The van der Waals surface area contributed by atoms with Gasteiger partial charge in [-0.3, -0.25) is 14.5 Å². The van der Waals surface area contributed by atoms with E-state index in [4.69, 9.17) is 0 Å². The number of hydrogen-bond acceptors (Lipinski definition) is 4. The highest BCUT2D eigenvalue weighted by molar-refractivity contribution is 9.10. The minimum atomic E-state index is -1.17. The lowest BCUT2D eigenvalue weighted by Gasteiger charge is -2.22. The van der Waals surface area contributed by atoms with Gasteiger partial charge in [0.1, 0.15) is 12.1 Å². The number of imide groups is 1. The van der Waals surface area contributed by atoms with Gasteiger partial charge in [-0.05, 0) is 24.6 Å². The minimum absolute atomic E-state index is 0.396. The van der Waals surface area contributed by atoms with Gasteiger partial charge < -0.3 is 10.1 Å². The van der Waals surface area contributed by atoms with Crippen LogP contribution in [0.2, 0.25) is 0 Å². The lowest BCUT2D eigenvalue weighted by atomic mass is 9.92. The number of carbonyl (C=O) groups is 3. The van der Waals surface area contributed by atoms with E-state index in [9.17, 15) is 14.4 Å². The molecular formula is C13H13BrN2O4. The molecular weight excluding hydrogens is 328 g/mol. The fraction of sp³-hybridized carbons (Fsp3) is 0.308. The summed E-state index contributed by atoms with van der Waals surface area (Å²) in [5.74, 6) is -1.12. The van der Waals surface area contributed by atoms with Crippen molar-refractivity contribution in [3.8, 4) is 0 Å². The predicted molar refractivity (Wildman–Crippen MR) is 73.8 cm³/mol. The topological polar surface area (TPSA) is 75.7 Å². The lowest BCUT2D eigenvalue weighted by Crippen LogP contribution is -2.41. The molecule has 0 radical (unpaired) electrons. The van der Waals surface area contributed by atoms with Gasteiger partial charge in [0.25, 0.3) is 5.91 Å². The molecule has 0 spiro atoms. The molecule has 0 aliphatic carbocycles. The quantitative estimate of drug-likeness (QED) is 0.666. The Labute approximate surface area is 124 Å². The van der Waals surface area contributed by atoms with Crippen molar-refractivity contribution in [1.82, 2.24) is 10.2 Å². The average molecular weight is 341 g/mol. The number of nitrogens with one attached hydrogen (secondary N) is 1. The van der Waals surface area contributed by atoms with E-state index in [0.29, 0.717) is 5.56 Å². The van der Waals surface area contributed by atoms with E-state index in [2.05, 4.69) is 26.0 Å². The van der Waals surface area contributed by atoms with Crippen LogP contribution in [-0.2, 0) is 19.9 Å². The van der Waals surface area contributed by atoms with E-state index in [-0.39, 0.29) is 0 Å². The summed E-state index contributed by atoms with van der Waals surface area (Å²) < 4.78 is 5.35. The number of hydrogen-bond donors (Lipinski definition) is 1.